The van der Waals surface area contributed by atoms with E-state index in [0.717, 1.165) is 18.3 Å². The molecule has 2 unspecified atom stereocenters. The van der Waals surface area contributed by atoms with Gasteiger partial charge in [0.25, 0.3) is 0 Å². The molecule has 2 aromatic rings. The van der Waals surface area contributed by atoms with Crippen LogP contribution in [0, 0.1) is 11.8 Å². The summed E-state index contributed by atoms with van der Waals surface area (Å²) in [6.45, 7) is 2.27. The van der Waals surface area contributed by atoms with Gasteiger partial charge in [-0.25, -0.2) is 4.98 Å². The lowest BCUT2D eigenvalue weighted by atomic mass is 10.0. The normalized spacial score (nSPS) is 20.3. The second kappa shape index (κ2) is 8.26. The van der Waals surface area contributed by atoms with Crippen molar-refractivity contribution in [2.24, 2.45) is 11.8 Å². The standard InChI is InChI=1S/C17H20N2.2ClH/c1-13(9-14-5-3-2-4-6-14)17-10-15(17)7-8-16-11-18-12-19-16;;/h2-6,9,11-12,15,17H,7-8,10H2,1H3,(H,18,19);2*1H/b13-9+;;. The summed E-state index contributed by atoms with van der Waals surface area (Å²) in [5.74, 6) is 1.66. The molecule has 3 rings (SSSR count). The Labute approximate surface area is 138 Å². The van der Waals surface area contributed by atoms with Crippen molar-refractivity contribution in [1.82, 2.24) is 9.97 Å². The van der Waals surface area contributed by atoms with E-state index >= 15 is 0 Å². The Kier molecular flexibility index (Phi) is 7.00. The quantitative estimate of drug-likeness (QED) is 0.830. The Hall–Kier alpha value is -1.25. The zero-order valence-corrected chi connectivity index (χ0v) is 13.8. The van der Waals surface area contributed by atoms with E-state index in [1.807, 2.05) is 6.20 Å². The molecule has 114 valence electrons. The van der Waals surface area contributed by atoms with Crippen LogP contribution < -0.4 is 0 Å². The molecule has 1 aromatic carbocycles. The molecule has 0 spiro atoms. The van der Waals surface area contributed by atoms with Gasteiger partial charge < -0.3 is 4.98 Å². The van der Waals surface area contributed by atoms with E-state index in [4.69, 9.17) is 0 Å². The first kappa shape index (κ1) is 17.8. The van der Waals surface area contributed by atoms with Crippen LogP contribution in [-0.2, 0) is 6.42 Å². The van der Waals surface area contributed by atoms with Gasteiger partial charge in [0, 0.05) is 11.9 Å². The smallest absolute Gasteiger partial charge is 0.0921 e. The van der Waals surface area contributed by atoms with Crippen LogP contribution in [0.25, 0.3) is 6.08 Å². The number of H-pyrrole nitrogens is 1. The molecule has 2 atom stereocenters. The minimum Gasteiger partial charge on any atom is -0.348 e. The molecule has 1 fully saturated rings. The van der Waals surface area contributed by atoms with Gasteiger partial charge in [0.1, 0.15) is 0 Å². The van der Waals surface area contributed by atoms with Crippen LogP contribution in [0.4, 0.5) is 0 Å². The van der Waals surface area contributed by atoms with Crippen molar-refractivity contribution in [3.63, 3.8) is 0 Å². The molecule has 0 saturated heterocycles. The van der Waals surface area contributed by atoms with Crippen molar-refractivity contribution in [3.05, 3.63) is 59.7 Å². The summed E-state index contributed by atoms with van der Waals surface area (Å²) in [5, 5.41) is 0. The SMILES string of the molecule is C/C(=C\c1ccccc1)C1CC1CCc1cnc[nH]1.Cl.Cl. The number of benzene rings is 1. The lowest BCUT2D eigenvalue weighted by Crippen LogP contribution is -1.90. The summed E-state index contributed by atoms with van der Waals surface area (Å²) >= 11 is 0. The molecule has 1 aliphatic carbocycles. The van der Waals surface area contributed by atoms with Crippen molar-refractivity contribution >= 4 is 30.9 Å². The van der Waals surface area contributed by atoms with Crippen molar-refractivity contribution in [2.45, 2.75) is 26.2 Å². The van der Waals surface area contributed by atoms with Gasteiger partial charge >= 0.3 is 0 Å². The summed E-state index contributed by atoms with van der Waals surface area (Å²) in [5.41, 5.74) is 4.11. The first-order chi connectivity index (χ1) is 9.33. The molecule has 1 aromatic heterocycles. The topological polar surface area (TPSA) is 28.7 Å². The number of halogens is 2. The minimum atomic E-state index is 0. The number of hydrogen-bond donors (Lipinski definition) is 1. The summed E-state index contributed by atoms with van der Waals surface area (Å²) in [6.07, 6.45) is 9.78. The fourth-order valence-electron chi connectivity index (χ4n) is 2.81. The van der Waals surface area contributed by atoms with Crippen molar-refractivity contribution in [3.8, 4) is 0 Å². The molecular weight excluding hydrogens is 303 g/mol. The maximum Gasteiger partial charge on any atom is 0.0921 e. The van der Waals surface area contributed by atoms with Crippen LogP contribution in [0.3, 0.4) is 0 Å². The van der Waals surface area contributed by atoms with E-state index in [0.29, 0.717) is 0 Å². The molecule has 0 amide bonds. The molecule has 1 aliphatic rings. The molecule has 2 nitrogen and oxygen atoms in total. The number of aromatic amines is 1. The summed E-state index contributed by atoms with van der Waals surface area (Å²) in [7, 11) is 0. The number of rotatable bonds is 5. The number of nitrogens with zero attached hydrogens (tertiary/aromatic N) is 1. The molecular formula is C17H22Cl2N2. The first-order valence-corrected chi connectivity index (χ1v) is 7.03. The highest BCUT2D eigenvalue weighted by Crippen LogP contribution is 2.47. The van der Waals surface area contributed by atoms with Gasteiger partial charge in [-0.1, -0.05) is 42.0 Å². The minimum absolute atomic E-state index is 0. The number of aromatic nitrogens is 2. The largest absolute Gasteiger partial charge is 0.348 e. The molecule has 4 heteroatoms. The van der Waals surface area contributed by atoms with Crippen LogP contribution in [0.15, 0.2) is 48.4 Å². The Morgan fingerprint density at radius 3 is 2.71 bits per heavy atom. The Morgan fingerprint density at radius 2 is 2.05 bits per heavy atom. The highest BCUT2D eigenvalue weighted by molar-refractivity contribution is 5.85. The number of imidazole rings is 1. The van der Waals surface area contributed by atoms with Crippen LogP contribution in [0.5, 0.6) is 0 Å². The lowest BCUT2D eigenvalue weighted by Gasteiger charge is -2.01. The predicted molar refractivity (Wildman–Crippen MR) is 93.1 cm³/mol. The van der Waals surface area contributed by atoms with Crippen molar-refractivity contribution in [1.29, 1.82) is 0 Å². The maximum absolute atomic E-state index is 4.06. The zero-order valence-electron chi connectivity index (χ0n) is 12.2. The molecule has 0 radical (unpaired) electrons. The lowest BCUT2D eigenvalue weighted by molar-refractivity contribution is 0.677. The summed E-state index contributed by atoms with van der Waals surface area (Å²) < 4.78 is 0. The Morgan fingerprint density at radius 1 is 1.29 bits per heavy atom. The van der Waals surface area contributed by atoms with E-state index in [2.05, 4.69) is 53.3 Å². The average molecular weight is 325 g/mol. The van der Waals surface area contributed by atoms with Gasteiger partial charge in [0.05, 0.1) is 6.33 Å². The summed E-state index contributed by atoms with van der Waals surface area (Å²) in [6, 6.07) is 10.6. The van der Waals surface area contributed by atoms with Crippen molar-refractivity contribution in [2.75, 3.05) is 0 Å². The van der Waals surface area contributed by atoms with Gasteiger partial charge in [0.15, 0.2) is 0 Å². The van der Waals surface area contributed by atoms with Crippen LogP contribution in [0.2, 0.25) is 0 Å². The summed E-state index contributed by atoms with van der Waals surface area (Å²) in [4.78, 5) is 7.24. The molecule has 1 heterocycles. The predicted octanol–water partition coefficient (Wildman–Crippen LogP) is 4.93. The average Bonchev–Trinajstić information content (AvgIpc) is 3.03. The van der Waals surface area contributed by atoms with E-state index in [1.54, 1.807) is 6.33 Å². The van der Waals surface area contributed by atoms with Crippen LogP contribution in [-0.4, -0.2) is 9.97 Å². The molecule has 1 N–H and O–H groups in total. The van der Waals surface area contributed by atoms with Gasteiger partial charge in [-0.3, -0.25) is 0 Å². The van der Waals surface area contributed by atoms with Crippen molar-refractivity contribution < 1.29 is 0 Å². The maximum atomic E-state index is 4.06. The van der Waals surface area contributed by atoms with Gasteiger partial charge in [-0.05, 0) is 43.6 Å². The fourth-order valence-corrected chi connectivity index (χ4v) is 2.81. The third kappa shape index (κ3) is 4.90. The third-order valence-corrected chi connectivity index (χ3v) is 4.04. The molecule has 1 saturated carbocycles. The van der Waals surface area contributed by atoms with Gasteiger partial charge in [0.2, 0.25) is 0 Å². The van der Waals surface area contributed by atoms with Crippen LogP contribution >= 0.6 is 24.8 Å². The van der Waals surface area contributed by atoms with Crippen LogP contribution in [0.1, 0.15) is 31.0 Å². The second-order valence-electron chi connectivity index (χ2n) is 5.52. The van der Waals surface area contributed by atoms with E-state index < -0.39 is 0 Å². The first-order valence-electron chi connectivity index (χ1n) is 7.03. The molecule has 0 aliphatic heterocycles. The van der Waals surface area contributed by atoms with Gasteiger partial charge in [-0.15, -0.1) is 24.8 Å². The monoisotopic (exact) mass is 324 g/mol. The number of nitrogens with one attached hydrogen (secondary N) is 1. The second-order valence-corrected chi connectivity index (χ2v) is 5.52. The number of hydrogen-bond acceptors (Lipinski definition) is 1. The molecule has 21 heavy (non-hydrogen) atoms. The number of aryl methyl sites for hydroxylation is 1. The number of allylic oxidation sites excluding steroid dienone is 1. The highest BCUT2D eigenvalue weighted by Gasteiger charge is 2.37. The fraction of sp³-hybridized carbons (Fsp3) is 0.353. The van der Waals surface area contributed by atoms with E-state index in [-0.39, 0.29) is 24.8 Å². The Bertz CT molecular complexity index is 549. The van der Waals surface area contributed by atoms with E-state index in [1.165, 1.54) is 29.7 Å². The third-order valence-electron chi connectivity index (χ3n) is 4.04. The van der Waals surface area contributed by atoms with Gasteiger partial charge in [-0.2, -0.15) is 0 Å². The molecule has 0 bridgehead atoms. The Balaban J connectivity index is 0.00000110. The highest BCUT2D eigenvalue weighted by atomic mass is 35.5. The van der Waals surface area contributed by atoms with E-state index in [9.17, 15) is 0 Å². The zero-order chi connectivity index (χ0) is 13.1.